The van der Waals surface area contributed by atoms with Crippen molar-refractivity contribution in [3.8, 4) is 11.3 Å². The van der Waals surface area contributed by atoms with Gasteiger partial charge in [-0.2, -0.15) is 0 Å². The van der Waals surface area contributed by atoms with Gasteiger partial charge in [0.25, 0.3) is 8.32 Å². The highest BCUT2D eigenvalue weighted by Crippen LogP contribution is 2.38. The molecule has 52 heavy (non-hydrogen) atoms. The van der Waals surface area contributed by atoms with E-state index < -0.39 is 41.3 Å². The largest absolute Gasteiger partial charge is 0.466 e. The van der Waals surface area contributed by atoms with E-state index in [2.05, 4.69) is 30.7 Å². The number of sulfonamides is 1. The third-order valence-corrected chi connectivity index (χ3v) is 15.0. The molecule has 0 bridgehead atoms. The van der Waals surface area contributed by atoms with E-state index in [4.69, 9.17) is 9.16 Å². The molecular formula is C40H48FN3O6SSi. The quantitative estimate of drug-likeness (QED) is 0.0753. The second-order valence-corrected chi connectivity index (χ2v) is 20.2. The molecule has 0 aliphatic heterocycles. The minimum absolute atomic E-state index is 0.0535. The zero-order valence-electron chi connectivity index (χ0n) is 31.1. The molecule has 0 saturated carbocycles. The molecule has 9 nitrogen and oxygen atoms in total. The third kappa shape index (κ3) is 9.47. The lowest BCUT2D eigenvalue weighted by atomic mass is 9.97. The van der Waals surface area contributed by atoms with Gasteiger partial charge in [0.05, 0.1) is 36.8 Å². The second kappa shape index (κ2) is 16.9. The highest BCUT2D eigenvalue weighted by molar-refractivity contribution is 7.92. The number of nitrogens with zero attached hydrogens (tertiary/aromatic N) is 3. The van der Waals surface area contributed by atoms with Crippen molar-refractivity contribution in [2.45, 2.75) is 71.4 Å². The van der Waals surface area contributed by atoms with Crippen LogP contribution < -0.4 is 14.7 Å². The number of halogens is 1. The molecule has 1 heterocycles. The van der Waals surface area contributed by atoms with E-state index in [1.807, 2.05) is 74.5 Å². The Labute approximate surface area is 308 Å². The van der Waals surface area contributed by atoms with Crippen LogP contribution in [0.15, 0.2) is 91.0 Å². The molecule has 12 heteroatoms. The Morgan fingerprint density at radius 3 is 1.94 bits per heavy atom. The monoisotopic (exact) mass is 745 g/mol. The number of carbonyl (C=O) groups is 2. The zero-order chi connectivity index (χ0) is 38.3. The summed E-state index contributed by atoms with van der Waals surface area (Å²) in [5.41, 5.74) is 1.82. The van der Waals surface area contributed by atoms with Crippen molar-refractivity contribution in [2.75, 3.05) is 24.2 Å². The predicted octanol–water partition coefficient (Wildman–Crippen LogP) is 6.67. The first-order valence-corrected chi connectivity index (χ1v) is 21.0. The van der Waals surface area contributed by atoms with Gasteiger partial charge in [-0.3, -0.25) is 9.59 Å². The summed E-state index contributed by atoms with van der Waals surface area (Å²) in [6.45, 7) is 12.1. The van der Waals surface area contributed by atoms with Gasteiger partial charge < -0.3 is 9.16 Å². The molecule has 4 rings (SSSR count). The average molecular weight is 746 g/mol. The first-order valence-electron chi connectivity index (χ1n) is 17.2. The molecule has 0 amide bonds. The first kappa shape index (κ1) is 40.3. The topological polar surface area (TPSA) is 116 Å². The maximum Gasteiger partial charge on any atom is 0.308 e. The minimum atomic E-state index is -3.71. The van der Waals surface area contributed by atoms with Crippen molar-refractivity contribution >= 4 is 52.5 Å². The van der Waals surface area contributed by atoms with Gasteiger partial charge in [-0.25, -0.2) is 27.1 Å². The Hall–Kier alpha value is -4.52. The Morgan fingerprint density at radius 2 is 1.46 bits per heavy atom. The SMILES string of the molecule is CCOC(=O)C[C@@H](CC(=O)/C=C/c1c(-c2ccc(F)cc2)nc(N(C)S(C)(=O)=O)nc1C(C)C)O[Si](c1ccccc1)(c1ccccc1)C(C)(C)C. The highest BCUT2D eigenvalue weighted by Gasteiger charge is 2.51. The van der Waals surface area contributed by atoms with Crippen LogP contribution in [0.1, 0.15) is 71.6 Å². The second-order valence-electron chi connectivity index (χ2n) is 14.0. The Kier molecular flexibility index (Phi) is 13.1. The van der Waals surface area contributed by atoms with Gasteiger partial charge in [0.15, 0.2) is 5.78 Å². The van der Waals surface area contributed by atoms with Gasteiger partial charge >= 0.3 is 5.97 Å². The number of allylic oxidation sites excluding steroid dienone is 1. The van der Waals surface area contributed by atoms with E-state index >= 15 is 0 Å². The first-order chi connectivity index (χ1) is 24.5. The molecule has 276 valence electrons. The van der Waals surface area contributed by atoms with Crippen molar-refractivity contribution in [3.05, 3.63) is 108 Å². The molecule has 1 atom stereocenters. The summed E-state index contributed by atoms with van der Waals surface area (Å²) >= 11 is 0. The van der Waals surface area contributed by atoms with Crippen molar-refractivity contribution < 1.29 is 31.6 Å². The maximum absolute atomic E-state index is 14.0. The van der Waals surface area contributed by atoms with Crippen molar-refractivity contribution in [1.82, 2.24) is 9.97 Å². The summed E-state index contributed by atoms with van der Waals surface area (Å²) in [6.07, 6.45) is 2.97. The summed E-state index contributed by atoms with van der Waals surface area (Å²) < 4.78 is 52.4. The zero-order valence-corrected chi connectivity index (χ0v) is 32.9. The molecule has 0 radical (unpaired) electrons. The van der Waals surface area contributed by atoms with Crippen LogP contribution >= 0.6 is 0 Å². The van der Waals surface area contributed by atoms with Crippen molar-refractivity contribution in [3.63, 3.8) is 0 Å². The van der Waals surface area contributed by atoms with Crippen LogP contribution in [0.3, 0.4) is 0 Å². The molecule has 0 unspecified atom stereocenters. The van der Waals surface area contributed by atoms with E-state index in [1.54, 1.807) is 13.0 Å². The molecule has 0 fully saturated rings. The summed E-state index contributed by atoms with van der Waals surface area (Å²) in [5.74, 6) is -1.50. The molecule has 1 aromatic heterocycles. The fraction of sp³-hybridized carbons (Fsp3) is 0.350. The van der Waals surface area contributed by atoms with E-state index in [9.17, 15) is 22.4 Å². The lowest BCUT2D eigenvalue weighted by Gasteiger charge is -2.45. The number of ether oxygens (including phenoxy) is 1. The summed E-state index contributed by atoms with van der Waals surface area (Å²) in [6, 6.07) is 25.6. The molecule has 0 aliphatic rings. The number of carbonyl (C=O) groups excluding carboxylic acids is 2. The van der Waals surface area contributed by atoms with Crippen molar-refractivity contribution in [2.24, 2.45) is 0 Å². The van der Waals surface area contributed by atoms with Crippen LogP contribution in [-0.2, 0) is 28.8 Å². The van der Waals surface area contributed by atoms with Gasteiger partial charge in [0.2, 0.25) is 16.0 Å². The number of anilines is 1. The molecular weight excluding hydrogens is 698 g/mol. The predicted molar refractivity (Wildman–Crippen MR) is 207 cm³/mol. The number of rotatable bonds is 15. The standard InChI is InChI=1S/C40H48FN3O6SSi/c1-9-49-36(46)27-32(50-52(40(4,5)6,33-16-12-10-13-17-33)34-18-14-11-15-19-34)26-31(45)24-25-35-37(28(2)3)42-39(44(7)51(8,47)48)43-38(35)29-20-22-30(41)23-21-29/h10-25,28,32H,9,26-27H2,1-8H3/b25-24+/t32-/m1/s1. The molecule has 0 spiro atoms. The van der Waals surface area contributed by atoms with Gasteiger partial charge in [0.1, 0.15) is 5.82 Å². The number of esters is 1. The lowest BCUT2D eigenvalue weighted by molar-refractivity contribution is -0.145. The normalized spacial score (nSPS) is 13.0. The fourth-order valence-corrected chi connectivity index (χ4v) is 11.2. The minimum Gasteiger partial charge on any atom is -0.466 e. The molecule has 0 N–H and O–H groups in total. The molecule has 0 aliphatic carbocycles. The summed E-state index contributed by atoms with van der Waals surface area (Å²) in [4.78, 5) is 36.2. The van der Waals surface area contributed by atoms with E-state index in [0.717, 1.165) is 20.9 Å². The smallest absolute Gasteiger partial charge is 0.308 e. The molecule has 4 aromatic rings. The van der Waals surface area contributed by atoms with Crippen LogP contribution in [0, 0.1) is 5.82 Å². The average Bonchev–Trinajstić information content (AvgIpc) is 3.09. The lowest BCUT2D eigenvalue weighted by Crippen LogP contribution is -2.67. The van der Waals surface area contributed by atoms with Gasteiger partial charge in [-0.05, 0) is 64.7 Å². The van der Waals surface area contributed by atoms with Gasteiger partial charge in [0, 0.05) is 24.6 Å². The Balaban J connectivity index is 1.82. The van der Waals surface area contributed by atoms with Crippen LogP contribution in [-0.4, -0.2) is 64.5 Å². The number of hydrogen-bond donors (Lipinski definition) is 0. The van der Waals surface area contributed by atoms with Crippen LogP contribution in [0.4, 0.5) is 10.3 Å². The van der Waals surface area contributed by atoms with E-state index in [1.165, 1.54) is 37.4 Å². The van der Waals surface area contributed by atoms with Crippen LogP contribution in [0.25, 0.3) is 17.3 Å². The Bertz CT molecular complexity index is 1940. The fourth-order valence-electron chi connectivity index (χ4n) is 6.17. The number of benzene rings is 3. The molecule has 3 aromatic carbocycles. The number of hydrogen-bond acceptors (Lipinski definition) is 8. The maximum atomic E-state index is 14.0. The van der Waals surface area contributed by atoms with Crippen LogP contribution in [0.5, 0.6) is 0 Å². The summed E-state index contributed by atoms with van der Waals surface area (Å²) in [5, 5.41) is 1.61. The number of aromatic nitrogens is 2. The van der Waals surface area contributed by atoms with Crippen molar-refractivity contribution in [1.29, 1.82) is 0 Å². The Morgan fingerprint density at radius 1 is 0.904 bits per heavy atom. The van der Waals surface area contributed by atoms with E-state index in [0.29, 0.717) is 22.5 Å². The summed E-state index contributed by atoms with van der Waals surface area (Å²) in [7, 11) is -5.51. The molecule has 0 saturated heterocycles. The number of ketones is 1. The van der Waals surface area contributed by atoms with Crippen LogP contribution in [0.2, 0.25) is 5.04 Å². The third-order valence-electron chi connectivity index (χ3n) is 8.73. The highest BCUT2D eigenvalue weighted by atomic mass is 32.2. The van der Waals surface area contributed by atoms with Gasteiger partial charge in [-0.15, -0.1) is 0 Å². The van der Waals surface area contributed by atoms with E-state index in [-0.39, 0.29) is 37.1 Å². The van der Waals surface area contributed by atoms with Gasteiger partial charge in [-0.1, -0.05) is 95.3 Å².